The van der Waals surface area contributed by atoms with E-state index in [1.165, 1.54) is 0 Å². The first kappa shape index (κ1) is 18.8. The Morgan fingerprint density at radius 2 is 1.82 bits per heavy atom. The molecule has 7 heteroatoms. The summed E-state index contributed by atoms with van der Waals surface area (Å²) in [5.41, 5.74) is 1.92. The Hall–Kier alpha value is -2.54. The molecular formula is C21H28N6O. The fourth-order valence-corrected chi connectivity index (χ4v) is 3.77. The highest BCUT2D eigenvalue weighted by Gasteiger charge is 2.26. The SMILES string of the molecule is CC(C)(C)c1ccc2nnc(C3CCN(CCn4ccccc4=O)CC3)n2n1. The summed E-state index contributed by atoms with van der Waals surface area (Å²) in [7, 11) is 0. The minimum atomic E-state index is -0.00534. The van der Waals surface area contributed by atoms with E-state index in [0.29, 0.717) is 5.92 Å². The van der Waals surface area contributed by atoms with E-state index in [1.54, 1.807) is 16.7 Å². The van der Waals surface area contributed by atoms with Crippen molar-refractivity contribution < 1.29 is 0 Å². The maximum atomic E-state index is 11.8. The average molecular weight is 380 g/mol. The molecular weight excluding hydrogens is 352 g/mol. The highest BCUT2D eigenvalue weighted by molar-refractivity contribution is 5.37. The van der Waals surface area contributed by atoms with Gasteiger partial charge in [-0.3, -0.25) is 4.79 Å². The molecule has 4 rings (SSSR count). The second-order valence-corrected chi connectivity index (χ2v) is 8.64. The van der Waals surface area contributed by atoms with E-state index in [0.717, 1.165) is 56.2 Å². The van der Waals surface area contributed by atoms with E-state index in [4.69, 9.17) is 5.10 Å². The van der Waals surface area contributed by atoms with Crippen molar-refractivity contribution in [2.75, 3.05) is 19.6 Å². The smallest absolute Gasteiger partial charge is 0.250 e. The van der Waals surface area contributed by atoms with Crippen LogP contribution in [0.3, 0.4) is 0 Å². The van der Waals surface area contributed by atoms with Crippen LogP contribution in [0.1, 0.15) is 51.0 Å². The molecule has 1 saturated heterocycles. The number of piperidine rings is 1. The lowest BCUT2D eigenvalue weighted by Crippen LogP contribution is -2.37. The van der Waals surface area contributed by atoms with E-state index >= 15 is 0 Å². The van der Waals surface area contributed by atoms with Gasteiger partial charge in [0.15, 0.2) is 11.5 Å². The molecule has 1 aliphatic rings. The Kier molecular flexibility index (Phi) is 5.02. The van der Waals surface area contributed by atoms with Gasteiger partial charge >= 0.3 is 0 Å². The van der Waals surface area contributed by atoms with E-state index in [2.05, 4.69) is 35.9 Å². The standard InChI is InChI=1S/C21H28N6O/c1-21(2,3)17-7-8-18-22-23-20(27(18)24-17)16-9-12-25(13-10-16)14-15-26-11-5-4-6-19(26)28/h4-8,11,16H,9-10,12-15H2,1-3H3. The Balaban J connectivity index is 1.42. The molecule has 1 fully saturated rings. The maximum absolute atomic E-state index is 11.8. The number of rotatable bonds is 4. The van der Waals surface area contributed by atoms with Gasteiger partial charge in [-0.05, 0) is 44.1 Å². The quantitative estimate of drug-likeness (QED) is 0.695. The Labute approximate surface area is 165 Å². The van der Waals surface area contributed by atoms with Gasteiger partial charge < -0.3 is 9.47 Å². The van der Waals surface area contributed by atoms with E-state index in [9.17, 15) is 4.79 Å². The van der Waals surface area contributed by atoms with Crippen LogP contribution in [0.25, 0.3) is 5.65 Å². The molecule has 0 bridgehead atoms. The van der Waals surface area contributed by atoms with Gasteiger partial charge in [0, 0.05) is 36.7 Å². The molecule has 0 unspecified atom stereocenters. The van der Waals surface area contributed by atoms with Crippen LogP contribution in [0, 0.1) is 0 Å². The van der Waals surface area contributed by atoms with Gasteiger partial charge in [0.25, 0.3) is 5.56 Å². The third kappa shape index (κ3) is 3.85. The summed E-state index contributed by atoms with van der Waals surface area (Å²) in [6.45, 7) is 10.1. The molecule has 0 spiro atoms. The number of hydrogen-bond donors (Lipinski definition) is 0. The largest absolute Gasteiger partial charge is 0.314 e. The zero-order chi connectivity index (χ0) is 19.7. The molecule has 3 aromatic heterocycles. The van der Waals surface area contributed by atoms with Crippen LogP contribution in [0.15, 0.2) is 41.3 Å². The summed E-state index contributed by atoms with van der Waals surface area (Å²) >= 11 is 0. The molecule has 148 valence electrons. The first-order chi connectivity index (χ1) is 13.4. The summed E-state index contributed by atoms with van der Waals surface area (Å²) in [6, 6.07) is 9.36. The lowest BCUT2D eigenvalue weighted by molar-refractivity contribution is 0.201. The molecule has 0 aliphatic carbocycles. The second-order valence-electron chi connectivity index (χ2n) is 8.64. The molecule has 0 atom stereocenters. The van der Waals surface area contributed by atoms with Crippen LogP contribution in [0.4, 0.5) is 0 Å². The van der Waals surface area contributed by atoms with Gasteiger partial charge in [0.1, 0.15) is 0 Å². The highest BCUT2D eigenvalue weighted by Crippen LogP contribution is 2.27. The Bertz CT molecular complexity index is 1010. The van der Waals surface area contributed by atoms with E-state index in [-0.39, 0.29) is 11.0 Å². The van der Waals surface area contributed by atoms with E-state index in [1.807, 2.05) is 28.9 Å². The van der Waals surface area contributed by atoms with Gasteiger partial charge in [0.2, 0.25) is 0 Å². The zero-order valence-corrected chi connectivity index (χ0v) is 16.9. The molecule has 28 heavy (non-hydrogen) atoms. The maximum Gasteiger partial charge on any atom is 0.250 e. The lowest BCUT2D eigenvalue weighted by Gasteiger charge is -2.31. The molecule has 0 amide bonds. The van der Waals surface area contributed by atoms with Crippen LogP contribution >= 0.6 is 0 Å². The molecule has 4 heterocycles. The number of pyridine rings is 1. The van der Waals surface area contributed by atoms with Gasteiger partial charge in [-0.2, -0.15) is 9.61 Å². The zero-order valence-electron chi connectivity index (χ0n) is 16.9. The van der Waals surface area contributed by atoms with Crippen molar-refractivity contribution in [3.05, 3.63) is 58.4 Å². The topological polar surface area (TPSA) is 68.3 Å². The van der Waals surface area contributed by atoms with Crippen LogP contribution in [-0.2, 0) is 12.0 Å². The number of likely N-dealkylation sites (tertiary alicyclic amines) is 1. The van der Waals surface area contributed by atoms with E-state index < -0.39 is 0 Å². The Morgan fingerprint density at radius 3 is 2.54 bits per heavy atom. The molecule has 1 aliphatic heterocycles. The summed E-state index contributed by atoms with van der Waals surface area (Å²) < 4.78 is 3.71. The third-order valence-electron chi connectivity index (χ3n) is 5.56. The minimum Gasteiger partial charge on any atom is -0.314 e. The predicted molar refractivity (Wildman–Crippen MR) is 109 cm³/mol. The third-order valence-corrected chi connectivity index (χ3v) is 5.56. The van der Waals surface area contributed by atoms with Crippen molar-refractivity contribution in [3.8, 4) is 0 Å². The van der Waals surface area contributed by atoms with Crippen LogP contribution in [-0.4, -0.2) is 48.9 Å². The van der Waals surface area contributed by atoms with Gasteiger partial charge in [-0.25, -0.2) is 0 Å². The van der Waals surface area contributed by atoms with Crippen molar-refractivity contribution >= 4 is 5.65 Å². The van der Waals surface area contributed by atoms with Crippen molar-refractivity contribution in [2.24, 2.45) is 0 Å². The van der Waals surface area contributed by atoms with Gasteiger partial charge in [-0.15, -0.1) is 10.2 Å². The van der Waals surface area contributed by atoms with Crippen molar-refractivity contribution in [3.63, 3.8) is 0 Å². The van der Waals surface area contributed by atoms with Crippen molar-refractivity contribution in [1.82, 2.24) is 29.3 Å². The fourth-order valence-electron chi connectivity index (χ4n) is 3.77. The molecule has 3 aromatic rings. The summed E-state index contributed by atoms with van der Waals surface area (Å²) in [6.07, 6.45) is 3.92. The van der Waals surface area contributed by atoms with Crippen molar-refractivity contribution in [1.29, 1.82) is 0 Å². The average Bonchev–Trinajstić information content (AvgIpc) is 3.10. The molecule has 0 aromatic carbocycles. The molecule has 0 radical (unpaired) electrons. The first-order valence-electron chi connectivity index (χ1n) is 10.0. The van der Waals surface area contributed by atoms with Crippen LogP contribution in [0.2, 0.25) is 0 Å². The molecule has 0 saturated carbocycles. The van der Waals surface area contributed by atoms with Gasteiger partial charge in [-0.1, -0.05) is 26.8 Å². The summed E-state index contributed by atoms with van der Waals surface area (Å²) in [4.78, 5) is 14.3. The second kappa shape index (κ2) is 7.47. The highest BCUT2D eigenvalue weighted by atomic mass is 16.1. The van der Waals surface area contributed by atoms with Gasteiger partial charge in [0.05, 0.1) is 5.69 Å². The van der Waals surface area contributed by atoms with Crippen molar-refractivity contribution in [2.45, 2.75) is 51.5 Å². The van der Waals surface area contributed by atoms with Crippen LogP contribution < -0.4 is 5.56 Å². The lowest BCUT2D eigenvalue weighted by atomic mass is 9.92. The Morgan fingerprint density at radius 1 is 1.04 bits per heavy atom. The number of aromatic nitrogens is 5. The molecule has 7 nitrogen and oxygen atoms in total. The number of nitrogens with zero attached hydrogens (tertiary/aromatic N) is 6. The number of hydrogen-bond acceptors (Lipinski definition) is 5. The summed E-state index contributed by atoms with van der Waals surface area (Å²) in [5.74, 6) is 1.34. The molecule has 0 N–H and O–H groups in total. The monoisotopic (exact) mass is 380 g/mol. The normalized spacial score (nSPS) is 16.7. The fraction of sp³-hybridized carbons (Fsp3) is 0.524. The number of fused-ring (bicyclic) bond motifs is 1. The van der Waals surface area contributed by atoms with Crippen LogP contribution in [0.5, 0.6) is 0 Å². The minimum absolute atomic E-state index is 0.00534. The summed E-state index contributed by atoms with van der Waals surface area (Å²) in [5, 5.41) is 13.6. The predicted octanol–water partition coefficient (Wildman–Crippen LogP) is 2.46. The first-order valence-corrected chi connectivity index (χ1v) is 10.0.